The molecule has 3 rings (SSSR count). The maximum Gasteiger partial charge on any atom is 0.282 e. The minimum Gasteiger partial charge on any atom is -0.267 e. The van der Waals surface area contributed by atoms with E-state index >= 15 is 0 Å². The van der Waals surface area contributed by atoms with Crippen molar-refractivity contribution in [2.24, 2.45) is 5.10 Å². The Morgan fingerprint density at radius 1 is 1.20 bits per heavy atom. The number of nitrogens with zero attached hydrogens (tertiary/aromatic N) is 3. The van der Waals surface area contributed by atoms with Crippen molar-refractivity contribution >= 4 is 27.8 Å². The summed E-state index contributed by atoms with van der Waals surface area (Å²) in [6.07, 6.45) is 1.67. The van der Waals surface area contributed by atoms with Crippen molar-refractivity contribution in [2.75, 3.05) is 0 Å². The Kier molecular flexibility index (Phi) is 3.20. The second-order valence-electron chi connectivity index (χ2n) is 4.57. The van der Waals surface area contributed by atoms with E-state index in [1.54, 1.807) is 19.2 Å². The summed E-state index contributed by atoms with van der Waals surface area (Å²) >= 11 is 1.46. The third-order valence-electron chi connectivity index (χ3n) is 3.04. The van der Waals surface area contributed by atoms with Gasteiger partial charge in [-0.25, -0.2) is 4.98 Å². The highest BCUT2D eigenvalue weighted by Crippen LogP contribution is 2.14. The van der Waals surface area contributed by atoms with Crippen molar-refractivity contribution in [1.82, 2.24) is 9.66 Å². The molecule has 20 heavy (non-hydrogen) atoms. The van der Waals surface area contributed by atoms with Gasteiger partial charge in [0.05, 0.1) is 11.6 Å². The zero-order chi connectivity index (χ0) is 14.1. The van der Waals surface area contributed by atoms with Crippen LogP contribution in [0.15, 0.2) is 45.6 Å². The lowest BCUT2D eigenvalue weighted by atomic mass is 10.2. The fourth-order valence-electron chi connectivity index (χ4n) is 1.92. The average Bonchev–Trinajstić information content (AvgIpc) is 2.89. The van der Waals surface area contributed by atoms with E-state index < -0.39 is 0 Å². The van der Waals surface area contributed by atoms with Gasteiger partial charge in [0.2, 0.25) is 0 Å². The first-order chi connectivity index (χ1) is 9.65. The minimum atomic E-state index is -0.128. The van der Waals surface area contributed by atoms with Crippen LogP contribution < -0.4 is 5.56 Å². The molecule has 0 radical (unpaired) electrons. The summed E-state index contributed by atoms with van der Waals surface area (Å²) < 4.78 is 1.34. The SMILES string of the molecule is Cc1ccc(/C=N\n2c(C)nc3sccc3c2=O)cc1. The highest BCUT2D eigenvalue weighted by atomic mass is 32.1. The molecule has 5 heteroatoms. The number of fused-ring (bicyclic) bond motifs is 1. The molecule has 0 aliphatic rings. The van der Waals surface area contributed by atoms with E-state index in [-0.39, 0.29) is 5.56 Å². The third-order valence-corrected chi connectivity index (χ3v) is 3.84. The van der Waals surface area contributed by atoms with E-state index in [1.807, 2.05) is 36.6 Å². The van der Waals surface area contributed by atoms with Gasteiger partial charge in [0, 0.05) is 0 Å². The molecule has 0 unspecified atom stereocenters. The molecule has 0 aliphatic heterocycles. The molecule has 0 atom stereocenters. The molecule has 3 aromatic rings. The number of aryl methyl sites for hydroxylation is 2. The molecule has 0 aliphatic carbocycles. The highest BCUT2D eigenvalue weighted by Gasteiger charge is 2.07. The van der Waals surface area contributed by atoms with Gasteiger partial charge in [0.15, 0.2) is 0 Å². The molecular formula is C15H13N3OS. The van der Waals surface area contributed by atoms with E-state index in [1.165, 1.54) is 21.6 Å². The lowest BCUT2D eigenvalue weighted by Gasteiger charge is -2.02. The molecule has 100 valence electrons. The van der Waals surface area contributed by atoms with Crippen LogP contribution in [0, 0.1) is 13.8 Å². The van der Waals surface area contributed by atoms with Crippen LogP contribution >= 0.6 is 11.3 Å². The monoisotopic (exact) mass is 283 g/mol. The van der Waals surface area contributed by atoms with Crippen molar-refractivity contribution in [3.05, 3.63) is 63.0 Å². The van der Waals surface area contributed by atoms with Crippen molar-refractivity contribution in [2.45, 2.75) is 13.8 Å². The Hall–Kier alpha value is -2.27. The van der Waals surface area contributed by atoms with Gasteiger partial charge in [-0.3, -0.25) is 4.79 Å². The number of thiophene rings is 1. The summed E-state index contributed by atoms with van der Waals surface area (Å²) in [6.45, 7) is 3.82. The summed E-state index contributed by atoms with van der Waals surface area (Å²) in [4.78, 5) is 17.5. The Morgan fingerprint density at radius 2 is 1.95 bits per heavy atom. The third kappa shape index (κ3) is 2.28. The molecule has 0 bridgehead atoms. The van der Waals surface area contributed by atoms with Crippen molar-refractivity contribution in [3.63, 3.8) is 0 Å². The number of hydrogen-bond acceptors (Lipinski definition) is 4. The molecule has 4 nitrogen and oxygen atoms in total. The zero-order valence-corrected chi connectivity index (χ0v) is 12.0. The fourth-order valence-corrected chi connectivity index (χ4v) is 2.72. The van der Waals surface area contributed by atoms with Gasteiger partial charge in [-0.15, -0.1) is 11.3 Å². The van der Waals surface area contributed by atoms with Gasteiger partial charge in [-0.05, 0) is 30.9 Å². The van der Waals surface area contributed by atoms with Crippen molar-refractivity contribution in [3.8, 4) is 0 Å². The predicted molar refractivity (Wildman–Crippen MR) is 82.8 cm³/mol. The zero-order valence-electron chi connectivity index (χ0n) is 11.2. The standard InChI is InChI=1S/C15H13N3OS/c1-10-3-5-12(6-4-10)9-16-18-11(2)17-14-13(15(18)19)7-8-20-14/h3-9H,1-2H3/b16-9-. The van der Waals surface area contributed by atoms with Gasteiger partial charge in [-0.1, -0.05) is 29.8 Å². The van der Waals surface area contributed by atoms with Crippen LogP contribution in [0.2, 0.25) is 0 Å². The first-order valence-corrected chi connectivity index (χ1v) is 7.11. The summed E-state index contributed by atoms with van der Waals surface area (Å²) in [7, 11) is 0. The van der Waals surface area contributed by atoms with Crippen LogP contribution in [0.25, 0.3) is 10.2 Å². The number of rotatable bonds is 2. The Balaban J connectivity index is 2.06. The van der Waals surface area contributed by atoms with E-state index in [9.17, 15) is 4.79 Å². The van der Waals surface area contributed by atoms with Gasteiger partial charge in [0.1, 0.15) is 10.7 Å². The fraction of sp³-hybridized carbons (Fsp3) is 0.133. The average molecular weight is 283 g/mol. The van der Waals surface area contributed by atoms with E-state index in [2.05, 4.69) is 10.1 Å². The molecule has 1 aromatic carbocycles. The van der Waals surface area contributed by atoms with Crippen LogP contribution in [0.4, 0.5) is 0 Å². The van der Waals surface area contributed by atoms with Crippen LogP contribution in [-0.2, 0) is 0 Å². The van der Waals surface area contributed by atoms with E-state index in [0.717, 1.165) is 10.4 Å². The molecule has 0 amide bonds. The summed E-state index contributed by atoms with van der Waals surface area (Å²) in [5.74, 6) is 0.591. The summed E-state index contributed by atoms with van der Waals surface area (Å²) in [5, 5.41) is 6.74. The van der Waals surface area contributed by atoms with Crippen LogP contribution in [0.3, 0.4) is 0 Å². The molecule has 0 N–H and O–H groups in total. The molecule has 0 fully saturated rings. The van der Waals surface area contributed by atoms with Crippen LogP contribution in [-0.4, -0.2) is 15.9 Å². The first kappa shape index (κ1) is 12.7. The molecule has 0 spiro atoms. The van der Waals surface area contributed by atoms with E-state index in [4.69, 9.17) is 0 Å². The topological polar surface area (TPSA) is 47.2 Å². The smallest absolute Gasteiger partial charge is 0.267 e. The Labute approximate surface area is 120 Å². The van der Waals surface area contributed by atoms with Crippen molar-refractivity contribution in [1.29, 1.82) is 0 Å². The van der Waals surface area contributed by atoms with Gasteiger partial charge < -0.3 is 0 Å². The number of aromatic nitrogens is 2. The van der Waals surface area contributed by atoms with Crippen LogP contribution in [0.1, 0.15) is 17.0 Å². The lowest BCUT2D eigenvalue weighted by Crippen LogP contribution is -2.19. The number of benzene rings is 1. The maximum absolute atomic E-state index is 12.3. The predicted octanol–water partition coefficient (Wildman–Crippen LogP) is 2.96. The van der Waals surface area contributed by atoms with Gasteiger partial charge in [-0.2, -0.15) is 9.78 Å². The molecular weight excluding hydrogens is 270 g/mol. The summed E-state index contributed by atoms with van der Waals surface area (Å²) in [6, 6.07) is 9.74. The van der Waals surface area contributed by atoms with E-state index in [0.29, 0.717) is 11.2 Å². The second-order valence-corrected chi connectivity index (χ2v) is 5.47. The first-order valence-electron chi connectivity index (χ1n) is 6.23. The lowest BCUT2D eigenvalue weighted by molar-refractivity contribution is 0.772. The molecule has 2 aromatic heterocycles. The largest absolute Gasteiger partial charge is 0.282 e. The molecule has 0 saturated carbocycles. The Bertz CT molecular complexity index is 844. The molecule has 2 heterocycles. The van der Waals surface area contributed by atoms with Crippen LogP contribution in [0.5, 0.6) is 0 Å². The second kappa shape index (κ2) is 5.02. The normalized spacial score (nSPS) is 11.5. The number of hydrogen-bond donors (Lipinski definition) is 0. The Morgan fingerprint density at radius 3 is 2.70 bits per heavy atom. The molecule has 0 saturated heterocycles. The highest BCUT2D eigenvalue weighted by molar-refractivity contribution is 7.16. The maximum atomic E-state index is 12.3. The van der Waals surface area contributed by atoms with Crippen molar-refractivity contribution < 1.29 is 0 Å². The van der Waals surface area contributed by atoms with Gasteiger partial charge in [0.25, 0.3) is 5.56 Å². The quantitative estimate of drug-likeness (QED) is 0.679. The van der Waals surface area contributed by atoms with Gasteiger partial charge >= 0.3 is 0 Å². The minimum absolute atomic E-state index is 0.128. The summed E-state index contributed by atoms with van der Waals surface area (Å²) in [5.41, 5.74) is 2.02.